The first-order chi connectivity index (χ1) is 15.6. The van der Waals surface area contributed by atoms with E-state index in [1.807, 2.05) is 42.5 Å². The Morgan fingerprint density at radius 1 is 1.06 bits per heavy atom. The Kier molecular flexibility index (Phi) is 4.84. The number of amides is 1. The van der Waals surface area contributed by atoms with Crippen LogP contribution in [-0.2, 0) is 4.79 Å². The van der Waals surface area contributed by atoms with Crippen LogP contribution >= 0.6 is 0 Å². The van der Waals surface area contributed by atoms with Crippen molar-refractivity contribution < 1.29 is 4.79 Å². The third-order valence-electron chi connectivity index (χ3n) is 5.57. The second-order valence-electron chi connectivity index (χ2n) is 7.51. The van der Waals surface area contributed by atoms with Gasteiger partial charge in [0.05, 0.1) is 22.7 Å². The van der Waals surface area contributed by atoms with Gasteiger partial charge in [-0.05, 0) is 36.8 Å². The number of hydrogen-bond donors (Lipinski definition) is 2. The molecule has 8 heteroatoms. The van der Waals surface area contributed by atoms with E-state index in [1.165, 1.54) is 0 Å². The van der Waals surface area contributed by atoms with Gasteiger partial charge in [0.1, 0.15) is 11.9 Å². The molecule has 0 spiro atoms. The van der Waals surface area contributed by atoms with Gasteiger partial charge in [-0.3, -0.25) is 9.59 Å². The minimum absolute atomic E-state index is 0.0467. The first-order valence-electron chi connectivity index (χ1n) is 10.2. The van der Waals surface area contributed by atoms with Crippen LogP contribution in [0, 0.1) is 11.3 Å². The van der Waals surface area contributed by atoms with Crippen LogP contribution in [0.5, 0.6) is 0 Å². The lowest BCUT2D eigenvalue weighted by molar-refractivity contribution is -0.117. The number of carbonyl (C=O) groups is 1. The van der Waals surface area contributed by atoms with Crippen molar-refractivity contribution in [1.82, 2.24) is 15.2 Å². The molecule has 1 aliphatic heterocycles. The molecule has 1 amide bonds. The number of anilines is 2. The van der Waals surface area contributed by atoms with E-state index < -0.39 is 6.04 Å². The van der Waals surface area contributed by atoms with E-state index >= 15 is 0 Å². The number of hydrogen-bond acceptors (Lipinski definition) is 6. The highest BCUT2D eigenvalue weighted by Crippen LogP contribution is 2.28. The third-order valence-corrected chi connectivity index (χ3v) is 5.57. The Morgan fingerprint density at radius 3 is 2.62 bits per heavy atom. The van der Waals surface area contributed by atoms with E-state index in [1.54, 1.807) is 29.3 Å². The van der Waals surface area contributed by atoms with Crippen molar-refractivity contribution >= 4 is 28.2 Å². The molecular weight excluding hydrogens is 404 g/mol. The highest BCUT2D eigenvalue weighted by Gasteiger charge is 2.32. The number of aromatic nitrogens is 3. The minimum atomic E-state index is -0.402. The zero-order valence-electron chi connectivity index (χ0n) is 16.9. The molecule has 5 rings (SSSR count). The molecule has 1 aliphatic rings. The predicted molar refractivity (Wildman–Crippen MR) is 121 cm³/mol. The van der Waals surface area contributed by atoms with Gasteiger partial charge in [-0.15, -0.1) is 0 Å². The van der Waals surface area contributed by atoms with Crippen molar-refractivity contribution in [3.63, 3.8) is 0 Å². The van der Waals surface area contributed by atoms with Crippen molar-refractivity contribution in [2.75, 3.05) is 16.8 Å². The van der Waals surface area contributed by atoms with Crippen molar-refractivity contribution in [3.8, 4) is 17.3 Å². The number of fused-ring (bicyclic) bond motifs is 1. The summed E-state index contributed by atoms with van der Waals surface area (Å²) in [5, 5.41) is 20.3. The molecule has 0 radical (unpaired) electrons. The van der Waals surface area contributed by atoms with Crippen molar-refractivity contribution in [1.29, 1.82) is 5.26 Å². The maximum atomic E-state index is 13.0. The Morgan fingerprint density at radius 2 is 1.84 bits per heavy atom. The van der Waals surface area contributed by atoms with Crippen LogP contribution in [0.25, 0.3) is 22.0 Å². The van der Waals surface area contributed by atoms with Gasteiger partial charge >= 0.3 is 0 Å². The summed E-state index contributed by atoms with van der Waals surface area (Å²) in [5.74, 6) is 0.463. The molecule has 0 bridgehead atoms. The molecule has 0 aliphatic carbocycles. The Balaban J connectivity index is 1.37. The molecule has 2 N–H and O–H groups in total. The monoisotopic (exact) mass is 422 g/mol. The summed E-state index contributed by atoms with van der Waals surface area (Å²) >= 11 is 0. The van der Waals surface area contributed by atoms with Gasteiger partial charge in [-0.25, -0.2) is 10.1 Å². The largest absolute Gasteiger partial charge is 0.358 e. The first kappa shape index (κ1) is 19.5. The van der Waals surface area contributed by atoms with E-state index in [0.29, 0.717) is 35.4 Å². The minimum Gasteiger partial charge on any atom is -0.358 e. The van der Waals surface area contributed by atoms with Crippen LogP contribution in [0.2, 0.25) is 0 Å². The molecule has 2 aromatic carbocycles. The van der Waals surface area contributed by atoms with Crippen LogP contribution in [0.4, 0.5) is 11.5 Å². The number of nitrogens with one attached hydrogen (secondary N) is 2. The van der Waals surface area contributed by atoms with Gasteiger partial charge in [0.25, 0.3) is 5.56 Å². The van der Waals surface area contributed by atoms with Gasteiger partial charge in [0, 0.05) is 29.4 Å². The Hall–Kier alpha value is -4.51. The second kappa shape index (κ2) is 7.96. The maximum Gasteiger partial charge on any atom is 0.272 e. The third kappa shape index (κ3) is 3.46. The zero-order valence-corrected chi connectivity index (χ0v) is 16.9. The zero-order chi connectivity index (χ0) is 22.1. The highest BCUT2D eigenvalue weighted by molar-refractivity contribution is 6.01. The average molecular weight is 422 g/mol. The lowest BCUT2D eigenvalue weighted by Crippen LogP contribution is -2.33. The smallest absolute Gasteiger partial charge is 0.272 e. The first-order valence-corrected chi connectivity index (χ1v) is 10.2. The number of nitriles is 1. The van der Waals surface area contributed by atoms with Gasteiger partial charge < -0.3 is 10.2 Å². The normalized spacial score (nSPS) is 15.7. The number of H-pyrrole nitrogens is 1. The number of rotatable bonds is 4. The van der Waals surface area contributed by atoms with Gasteiger partial charge in [0.15, 0.2) is 0 Å². The van der Waals surface area contributed by atoms with Crippen LogP contribution in [0.15, 0.2) is 71.7 Å². The van der Waals surface area contributed by atoms with E-state index in [-0.39, 0.29) is 11.5 Å². The maximum absolute atomic E-state index is 13.0. The SMILES string of the molecule is N#Cc1ccnc(NC2CCN(c3ccc(-c4n[nH]c(=O)c5ccccc45)cc3)C2=O)c1. The molecule has 0 saturated carbocycles. The Labute approximate surface area is 183 Å². The molecule has 32 heavy (non-hydrogen) atoms. The fourth-order valence-electron chi connectivity index (χ4n) is 3.96. The van der Waals surface area contributed by atoms with Gasteiger partial charge in [-0.2, -0.15) is 10.4 Å². The number of aromatic amines is 1. The number of pyridine rings is 1. The predicted octanol–water partition coefficient (Wildman–Crippen LogP) is 3.07. The lowest BCUT2D eigenvalue weighted by atomic mass is 10.0. The standard InChI is InChI=1S/C24H18N6O2/c25-14-15-9-11-26-21(13-15)27-20-10-12-30(24(20)32)17-7-5-16(6-8-17)22-18-3-1-2-4-19(18)23(31)29-28-22/h1-9,11,13,20H,10,12H2,(H,26,27)(H,29,31). The fourth-order valence-corrected chi connectivity index (χ4v) is 3.96. The quantitative estimate of drug-likeness (QED) is 0.522. The van der Waals surface area contributed by atoms with Crippen molar-refractivity contribution in [3.05, 3.63) is 82.8 Å². The van der Waals surface area contributed by atoms with Crippen LogP contribution < -0.4 is 15.8 Å². The summed E-state index contributed by atoms with van der Waals surface area (Å²) in [6.07, 6.45) is 2.18. The number of benzene rings is 2. The second-order valence-corrected chi connectivity index (χ2v) is 7.51. The summed E-state index contributed by atoms with van der Waals surface area (Å²) in [7, 11) is 0. The Bertz CT molecular complexity index is 1420. The summed E-state index contributed by atoms with van der Waals surface area (Å²) in [6.45, 7) is 0.577. The van der Waals surface area contributed by atoms with E-state index in [0.717, 1.165) is 16.6 Å². The summed E-state index contributed by atoms with van der Waals surface area (Å²) in [6, 6.07) is 19.8. The molecule has 1 unspecified atom stereocenters. The molecule has 8 nitrogen and oxygen atoms in total. The molecule has 3 heterocycles. The van der Waals surface area contributed by atoms with Crippen LogP contribution in [0.1, 0.15) is 12.0 Å². The number of carbonyl (C=O) groups excluding carboxylic acids is 1. The molecule has 1 saturated heterocycles. The van der Waals surface area contributed by atoms with Crippen LogP contribution in [0.3, 0.4) is 0 Å². The molecular formula is C24H18N6O2. The summed E-state index contributed by atoms with van der Waals surface area (Å²) < 4.78 is 0. The molecule has 1 fully saturated rings. The van der Waals surface area contributed by atoms with Crippen molar-refractivity contribution in [2.45, 2.75) is 12.5 Å². The molecule has 156 valence electrons. The topological polar surface area (TPSA) is 115 Å². The molecule has 1 atom stereocenters. The summed E-state index contributed by atoms with van der Waals surface area (Å²) in [4.78, 5) is 30.9. The lowest BCUT2D eigenvalue weighted by Gasteiger charge is -2.18. The van der Waals surface area contributed by atoms with E-state index in [9.17, 15) is 9.59 Å². The van der Waals surface area contributed by atoms with E-state index in [4.69, 9.17) is 5.26 Å². The molecule has 4 aromatic rings. The highest BCUT2D eigenvalue weighted by atomic mass is 16.2. The van der Waals surface area contributed by atoms with Crippen LogP contribution in [-0.4, -0.2) is 33.7 Å². The number of nitrogens with zero attached hydrogens (tertiary/aromatic N) is 4. The fraction of sp³-hybridized carbons (Fsp3) is 0.125. The van der Waals surface area contributed by atoms with Gasteiger partial charge in [0.2, 0.25) is 5.91 Å². The van der Waals surface area contributed by atoms with Gasteiger partial charge in [-0.1, -0.05) is 30.3 Å². The van der Waals surface area contributed by atoms with E-state index in [2.05, 4.69) is 26.6 Å². The van der Waals surface area contributed by atoms with Crippen molar-refractivity contribution in [2.24, 2.45) is 0 Å². The average Bonchev–Trinajstić information content (AvgIpc) is 3.19. The molecule has 2 aromatic heterocycles. The summed E-state index contributed by atoms with van der Waals surface area (Å²) in [5.41, 5.74) is 2.58.